The summed E-state index contributed by atoms with van der Waals surface area (Å²) in [5, 5.41) is 20.0. The molecule has 0 saturated carbocycles. The Morgan fingerprint density at radius 2 is 2.07 bits per heavy atom. The van der Waals surface area contributed by atoms with Crippen molar-refractivity contribution in [2.75, 3.05) is 12.3 Å². The highest BCUT2D eigenvalue weighted by atomic mass is 32.2. The molecule has 0 heterocycles. The Morgan fingerprint density at radius 1 is 1.47 bits per heavy atom. The summed E-state index contributed by atoms with van der Waals surface area (Å²) in [6, 6.07) is 5.85. The van der Waals surface area contributed by atoms with Crippen molar-refractivity contribution in [2.45, 2.75) is 5.44 Å². The highest BCUT2D eigenvalue weighted by molar-refractivity contribution is 7.99. The molecule has 0 aromatic heterocycles. The number of thioether (sulfide) groups is 1. The van der Waals surface area contributed by atoms with E-state index in [0.717, 1.165) is 0 Å². The minimum Gasteiger partial charge on any atom is -0.378 e. The van der Waals surface area contributed by atoms with Gasteiger partial charge in [-0.15, -0.1) is 11.8 Å². The predicted octanol–water partition coefficient (Wildman–Crippen LogP) is 1.28. The number of nitrogens with two attached hydrogens (primary N) is 1. The Kier molecular flexibility index (Phi) is 4.54. The molecule has 6 heteroatoms. The zero-order valence-electron chi connectivity index (χ0n) is 8.00. The van der Waals surface area contributed by atoms with Crippen LogP contribution in [0.25, 0.3) is 0 Å². The van der Waals surface area contributed by atoms with E-state index in [-0.39, 0.29) is 5.69 Å². The van der Waals surface area contributed by atoms with Crippen molar-refractivity contribution in [3.05, 3.63) is 39.9 Å². The third-order valence-electron chi connectivity index (χ3n) is 1.78. The van der Waals surface area contributed by atoms with Crippen molar-refractivity contribution in [2.24, 2.45) is 5.73 Å². The van der Waals surface area contributed by atoms with Gasteiger partial charge in [-0.1, -0.05) is 0 Å². The van der Waals surface area contributed by atoms with Crippen LogP contribution >= 0.6 is 11.8 Å². The van der Waals surface area contributed by atoms with Crippen LogP contribution in [-0.2, 0) is 0 Å². The van der Waals surface area contributed by atoms with Gasteiger partial charge < -0.3 is 10.8 Å². The molecule has 0 saturated heterocycles. The van der Waals surface area contributed by atoms with Crippen molar-refractivity contribution in [1.82, 2.24) is 0 Å². The lowest BCUT2D eigenvalue weighted by atomic mass is 10.2. The number of aliphatic hydroxyl groups is 1. The summed E-state index contributed by atoms with van der Waals surface area (Å²) in [6.07, 6.45) is 0. The maximum Gasteiger partial charge on any atom is 0.269 e. The molecule has 0 aliphatic heterocycles. The number of hydrogen-bond acceptors (Lipinski definition) is 5. The van der Waals surface area contributed by atoms with Crippen LogP contribution in [0.15, 0.2) is 24.3 Å². The zero-order valence-corrected chi connectivity index (χ0v) is 8.81. The molecule has 15 heavy (non-hydrogen) atoms. The topological polar surface area (TPSA) is 89.4 Å². The summed E-state index contributed by atoms with van der Waals surface area (Å²) >= 11 is 1.30. The first kappa shape index (κ1) is 12.0. The van der Waals surface area contributed by atoms with Gasteiger partial charge in [0.1, 0.15) is 5.44 Å². The van der Waals surface area contributed by atoms with Crippen LogP contribution in [0.5, 0.6) is 0 Å². The van der Waals surface area contributed by atoms with Crippen LogP contribution in [0.2, 0.25) is 0 Å². The first-order chi connectivity index (χ1) is 7.15. The van der Waals surface area contributed by atoms with E-state index in [9.17, 15) is 15.2 Å². The van der Waals surface area contributed by atoms with Crippen molar-refractivity contribution in [3.8, 4) is 0 Å². The summed E-state index contributed by atoms with van der Waals surface area (Å²) in [4.78, 5) is 9.91. The van der Waals surface area contributed by atoms with Crippen LogP contribution in [0, 0.1) is 10.1 Å². The molecule has 0 fully saturated rings. The second kappa shape index (κ2) is 5.69. The Hall–Kier alpha value is -1.11. The zero-order chi connectivity index (χ0) is 11.3. The molecule has 0 aliphatic carbocycles. The van der Waals surface area contributed by atoms with Gasteiger partial charge in [0.05, 0.1) is 4.92 Å². The van der Waals surface area contributed by atoms with Crippen LogP contribution < -0.4 is 5.73 Å². The summed E-state index contributed by atoms with van der Waals surface area (Å²) in [5.41, 5.74) is 5.30. The number of rotatable bonds is 5. The fourth-order valence-corrected chi connectivity index (χ4v) is 1.75. The van der Waals surface area contributed by atoms with Crippen LogP contribution in [-0.4, -0.2) is 22.3 Å². The number of aliphatic hydroxyl groups excluding tert-OH is 1. The maximum atomic E-state index is 10.4. The SMILES string of the molecule is NCCS[C@@H](O)c1ccc([N+](=O)[O-])cc1. The largest absolute Gasteiger partial charge is 0.378 e. The van der Waals surface area contributed by atoms with Gasteiger partial charge >= 0.3 is 0 Å². The highest BCUT2D eigenvalue weighted by Gasteiger charge is 2.09. The van der Waals surface area contributed by atoms with E-state index in [1.807, 2.05) is 0 Å². The number of hydrogen-bond donors (Lipinski definition) is 2. The molecule has 1 atom stereocenters. The van der Waals surface area contributed by atoms with Crippen LogP contribution in [0.3, 0.4) is 0 Å². The van der Waals surface area contributed by atoms with Gasteiger partial charge in [-0.3, -0.25) is 10.1 Å². The number of benzene rings is 1. The molecule has 0 unspecified atom stereocenters. The van der Waals surface area contributed by atoms with Crippen LogP contribution in [0.1, 0.15) is 11.0 Å². The van der Waals surface area contributed by atoms with E-state index in [1.54, 1.807) is 12.1 Å². The van der Waals surface area contributed by atoms with E-state index in [1.165, 1.54) is 23.9 Å². The van der Waals surface area contributed by atoms with Crippen LogP contribution in [0.4, 0.5) is 5.69 Å². The quantitative estimate of drug-likeness (QED) is 0.450. The number of non-ortho nitro benzene ring substituents is 1. The van der Waals surface area contributed by atoms with Gasteiger partial charge in [0.2, 0.25) is 0 Å². The standard InChI is InChI=1S/C9H12N2O3S/c10-5-6-15-9(12)7-1-3-8(4-2-7)11(13)14/h1-4,9,12H,5-6,10H2/t9-/m1/s1. The number of nitro benzene ring substituents is 1. The molecular weight excluding hydrogens is 216 g/mol. The van der Waals surface area contributed by atoms with Gasteiger partial charge in [-0.05, 0) is 17.7 Å². The summed E-state index contributed by atoms with van der Waals surface area (Å²) in [6.45, 7) is 0.495. The first-order valence-corrected chi connectivity index (χ1v) is 5.44. The minimum absolute atomic E-state index is 0.0229. The molecule has 5 nitrogen and oxygen atoms in total. The number of nitro groups is 1. The fourth-order valence-electron chi connectivity index (χ4n) is 1.04. The Labute approximate surface area is 91.4 Å². The van der Waals surface area contributed by atoms with Gasteiger partial charge in [0.15, 0.2) is 0 Å². The fraction of sp³-hybridized carbons (Fsp3) is 0.333. The molecule has 0 bridgehead atoms. The normalized spacial score (nSPS) is 12.4. The van der Waals surface area contributed by atoms with Gasteiger partial charge in [0.25, 0.3) is 5.69 Å². The lowest BCUT2D eigenvalue weighted by Crippen LogP contribution is -2.04. The molecule has 82 valence electrons. The van der Waals surface area contributed by atoms with Crippen molar-refractivity contribution < 1.29 is 10.0 Å². The maximum absolute atomic E-state index is 10.4. The third-order valence-corrected chi connectivity index (χ3v) is 2.84. The Bertz CT molecular complexity index is 329. The summed E-state index contributed by atoms with van der Waals surface area (Å²) in [5.74, 6) is 0.651. The molecule has 3 N–H and O–H groups in total. The lowest BCUT2D eigenvalue weighted by Gasteiger charge is -2.09. The van der Waals surface area contributed by atoms with Gasteiger partial charge in [-0.25, -0.2) is 0 Å². The molecule has 1 rings (SSSR count). The second-order valence-electron chi connectivity index (χ2n) is 2.86. The number of nitrogens with zero attached hydrogens (tertiary/aromatic N) is 1. The molecular formula is C9H12N2O3S. The van der Waals surface area contributed by atoms with Crippen molar-refractivity contribution >= 4 is 17.4 Å². The predicted molar refractivity (Wildman–Crippen MR) is 59.6 cm³/mol. The molecule has 0 radical (unpaired) electrons. The van der Waals surface area contributed by atoms with Gasteiger partial charge in [0, 0.05) is 24.4 Å². The average molecular weight is 228 g/mol. The molecule has 0 aliphatic rings. The van der Waals surface area contributed by atoms with Gasteiger partial charge in [-0.2, -0.15) is 0 Å². The smallest absolute Gasteiger partial charge is 0.269 e. The summed E-state index contributed by atoms with van der Waals surface area (Å²) in [7, 11) is 0. The van der Waals surface area contributed by atoms with E-state index in [2.05, 4.69) is 0 Å². The monoisotopic (exact) mass is 228 g/mol. The summed E-state index contributed by atoms with van der Waals surface area (Å²) < 4.78 is 0. The lowest BCUT2D eigenvalue weighted by molar-refractivity contribution is -0.384. The molecule has 1 aromatic rings. The van der Waals surface area contributed by atoms with E-state index in [4.69, 9.17) is 5.73 Å². The second-order valence-corrected chi connectivity index (χ2v) is 4.05. The van der Waals surface area contributed by atoms with E-state index >= 15 is 0 Å². The minimum atomic E-state index is -0.672. The third kappa shape index (κ3) is 3.50. The highest BCUT2D eigenvalue weighted by Crippen LogP contribution is 2.26. The van der Waals surface area contributed by atoms with E-state index in [0.29, 0.717) is 17.9 Å². The molecule has 1 aromatic carbocycles. The van der Waals surface area contributed by atoms with Crippen molar-refractivity contribution in [1.29, 1.82) is 0 Å². The van der Waals surface area contributed by atoms with Crippen molar-refractivity contribution in [3.63, 3.8) is 0 Å². The molecule has 0 spiro atoms. The first-order valence-electron chi connectivity index (χ1n) is 4.39. The Balaban J connectivity index is 2.66. The average Bonchev–Trinajstić information content (AvgIpc) is 2.26. The Morgan fingerprint density at radius 3 is 2.53 bits per heavy atom. The molecule has 0 amide bonds. The van der Waals surface area contributed by atoms with E-state index < -0.39 is 10.4 Å².